The highest BCUT2D eigenvalue weighted by molar-refractivity contribution is 5.95. The van der Waals surface area contributed by atoms with Gasteiger partial charge in [0.1, 0.15) is 0 Å². The summed E-state index contributed by atoms with van der Waals surface area (Å²) in [6, 6.07) is 3.28. The summed E-state index contributed by atoms with van der Waals surface area (Å²) in [6.07, 6.45) is 0.666. The minimum atomic E-state index is -1.05. The first-order valence-electron chi connectivity index (χ1n) is 6.72. The number of hydrogen-bond acceptors (Lipinski definition) is 4. The second-order valence-corrected chi connectivity index (χ2v) is 6.01. The van der Waals surface area contributed by atoms with Crippen molar-refractivity contribution in [3.8, 4) is 0 Å². The Morgan fingerprint density at radius 2 is 2.05 bits per heavy atom. The second-order valence-electron chi connectivity index (χ2n) is 6.01. The molecule has 0 radical (unpaired) electrons. The summed E-state index contributed by atoms with van der Waals surface area (Å²) >= 11 is 0. The Morgan fingerprint density at radius 3 is 2.55 bits per heavy atom. The molecule has 0 bridgehead atoms. The molecule has 0 amide bonds. The molecular weight excluding hydrogens is 256 g/mol. The molecule has 5 N–H and O–H groups in total. The van der Waals surface area contributed by atoms with E-state index in [1.165, 1.54) is 6.07 Å². The average molecular weight is 280 g/mol. The van der Waals surface area contributed by atoms with Gasteiger partial charge in [0.2, 0.25) is 0 Å². The number of aryl methyl sites for hydroxylation is 1. The Labute approximate surface area is 119 Å². The average Bonchev–Trinajstić information content (AvgIpc) is 2.28. The van der Waals surface area contributed by atoms with Crippen LogP contribution >= 0.6 is 0 Å². The number of aliphatic hydroxyl groups is 1. The summed E-state index contributed by atoms with van der Waals surface area (Å²) in [5.41, 5.74) is 6.61. The second kappa shape index (κ2) is 6.13. The number of nitrogens with two attached hydrogens (primary N) is 1. The van der Waals surface area contributed by atoms with Crippen LogP contribution < -0.4 is 11.1 Å². The van der Waals surface area contributed by atoms with Crippen LogP contribution in [0.4, 0.5) is 11.4 Å². The van der Waals surface area contributed by atoms with Crippen molar-refractivity contribution in [3.05, 3.63) is 23.3 Å². The minimum absolute atomic E-state index is 0.0796. The van der Waals surface area contributed by atoms with Crippen molar-refractivity contribution in [2.75, 3.05) is 17.6 Å². The van der Waals surface area contributed by atoms with Gasteiger partial charge < -0.3 is 21.3 Å². The van der Waals surface area contributed by atoms with Gasteiger partial charge in [0, 0.05) is 17.9 Å². The molecule has 1 aromatic carbocycles. The molecule has 0 heterocycles. The van der Waals surface area contributed by atoms with Gasteiger partial charge in [0.15, 0.2) is 0 Å². The Morgan fingerprint density at radius 1 is 1.45 bits per heavy atom. The highest BCUT2D eigenvalue weighted by atomic mass is 16.4. The van der Waals surface area contributed by atoms with Crippen LogP contribution in [0.2, 0.25) is 0 Å². The minimum Gasteiger partial charge on any atom is -0.478 e. The van der Waals surface area contributed by atoms with Crippen LogP contribution in [-0.4, -0.2) is 28.3 Å². The van der Waals surface area contributed by atoms with Crippen molar-refractivity contribution in [2.45, 2.75) is 39.7 Å². The summed E-state index contributed by atoms with van der Waals surface area (Å²) in [7, 11) is 0. The van der Waals surface area contributed by atoms with Crippen LogP contribution in [-0.2, 0) is 0 Å². The monoisotopic (exact) mass is 280 g/mol. The number of carboxylic acid groups (broad SMARTS) is 1. The van der Waals surface area contributed by atoms with E-state index in [1.807, 2.05) is 13.8 Å². The van der Waals surface area contributed by atoms with Gasteiger partial charge in [-0.1, -0.05) is 13.8 Å². The molecule has 20 heavy (non-hydrogen) atoms. The molecule has 0 saturated carbocycles. The van der Waals surface area contributed by atoms with Gasteiger partial charge in [0.25, 0.3) is 0 Å². The zero-order valence-electron chi connectivity index (χ0n) is 12.5. The first kappa shape index (κ1) is 16.3. The van der Waals surface area contributed by atoms with Crippen LogP contribution in [0.25, 0.3) is 0 Å². The molecule has 1 unspecified atom stereocenters. The van der Waals surface area contributed by atoms with Crippen molar-refractivity contribution in [3.63, 3.8) is 0 Å². The lowest BCUT2D eigenvalue weighted by Gasteiger charge is -2.26. The molecule has 0 aliphatic heterocycles. The quantitative estimate of drug-likeness (QED) is 0.600. The van der Waals surface area contributed by atoms with Crippen LogP contribution in [0.5, 0.6) is 0 Å². The zero-order valence-corrected chi connectivity index (χ0v) is 12.5. The topological polar surface area (TPSA) is 95.6 Å². The molecule has 0 aromatic heterocycles. The molecule has 0 aliphatic rings. The SMILES string of the molecule is Cc1cc(NCC(C)(O)CC(C)C)cc(C(=O)O)c1N. The normalized spacial score (nSPS) is 14.1. The number of nitrogen functional groups attached to an aromatic ring is 1. The van der Waals surface area contributed by atoms with Crippen LogP contribution in [0.15, 0.2) is 12.1 Å². The fourth-order valence-electron chi connectivity index (χ4n) is 2.32. The largest absolute Gasteiger partial charge is 0.478 e. The van der Waals surface area contributed by atoms with E-state index in [4.69, 9.17) is 10.8 Å². The van der Waals surface area contributed by atoms with Crippen molar-refractivity contribution in [2.24, 2.45) is 5.92 Å². The van der Waals surface area contributed by atoms with Gasteiger partial charge in [-0.2, -0.15) is 0 Å². The summed E-state index contributed by atoms with van der Waals surface area (Å²) in [6.45, 7) is 7.98. The van der Waals surface area contributed by atoms with Crippen LogP contribution in [0.1, 0.15) is 43.1 Å². The van der Waals surface area contributed by atoms with Crippen molar-refractivity contribution in [1.29, 1.82) is 0 Å². The lowest BCUT2D eigenvalue weighted by molar-refractivity contribution is 0.0515. The van der Waals surface area contributed by atoms with Gasteiger partial charge in [-0.15, -0.1) is 0 Å². The number of aromatic carboxylic acids is 1. The van der Waals surface area contributed by atoms with E-state index in [0.29, 0.717) is 30.1 Å². The lowest BCUT2D eigenvalue weighted by atomic mass is 9.94. The van der Waals surface area contributed by atoms with Crippen molar-refractivity contribution < 1.29 is 15.0 Å². The maximum Gasteiger partial charge on any atom is 0.337 e. The Balaban J connectivity index is 2.86. The number of rotatable bonds is 6. The number of anilines is 2. The number of carboxylic acids is 1. The van der Waals surface area contributed by atoms with Gasteiger partial charge in [0.05, 0.1) is 11.2 Å². The molecule has 5 heteroatoms. The molecule has 0 saturated heterocycles. The highest BCUT2D eigenvalue weighted by Gasteiger charge is 2.22. The number of nitrogens with one attached hydrogen (secondary N) is 1. The van der Waals surface area contributed by atoms with E-state index in [9.17, 15) is 9.90 Å². The van der Waals surface area contributed by atoms with E-state index < -0.39 is 11.6 Å². The predicted octanol–water partition coefficient (Wildman–Crippen LogP) is 2.48. The van der Waals surface area contributed by atoms with Gasteiger partial charge >= 0.3 is 5.97 Å². The van der Waals surface area contributed by atoms with E-state index in [0.717, 1.165) is 0 Å². The Bertz CT molecular complexity index is 496. The third-order valence-electron chi connectivity index (χ3n) is 3.14. The zero-order chi connectivity index (χ0) is 15.5. The van der Waals surface area contributed by atoms with E-state index >= 15 is 0 Å². The first-order chi connectivity index (χ1) is 9.12. The molecule has 5 nitrogen and oxygen atoms in total. The number of benzene rings is 1. The first-order valence-corrected chi connectivity index (χ1v) is 6.72. The molecule has 0 spiro atoms. The lowest BCUT2D eigenvalue weighted by Crippen LogP contribution is -2.34. The van der Waals surface area contributed by atoms with Crippen molar-refractivity contribution >= 4 is 17.3 Å². The molecular formula is C15H24N2O3. The predicted molar refractivity (Wildman–Crippen MR) is 81.1 cm³/mol. The number of hydrogen-bond donors (Lipinski definition) is 4. The number of carbonyl (C=O) groups is 1. The Kier molecular flexibility index (Phi) is 5.00. The molecule has 1 aromatic rings. The molecule has 112 valence electrons. The van der Waals surface area contributed by atoms with Gasteiger partial charge in [-0.3, -0.25) is 0 Å². The molecule has 0 aliphatic carbocycles. The maximum absolute atomic E-state index is 11.1. The van der Waals surface area contributed by atoms with E-state index in [1.54, 1.807) is 19.9 Å². The summed E-state index contributed by atoms with van der Waals surface area (Å²) in [5, 5.41) is 22.4. The Hall–Kier alpha value is -1.75. The summed E-state index contributed by atoms with van der Waals surface area (Å²) in [5.74, 6) is -0.669. The standard InChI is InChI=1S/C15H24N2O3/c1-9(2)7-15(4,20)8-17-11-5-10(3)13(16)12(6-11)14(18)19/h5-6,9,17,20H,7-8,16H2,1-4H3,(H,18,19). The van der Waals surface area contributed by atoms with Crippen LogP contribution in [0, 0.1) is 12.8 Å². The fourth-order valence-corrected chi connectivity index (χ4v) is 2.32. The molecule has 0 fully saturated rings. The van der Waals surface area contributed by atoms with Gasteiger partial charge in [-0.25, -0.2) is 4.79 Å². The van der Waals surface area contributed by atoms with Crippen LogP contribution in [0.3, 0.4) is 0 Å². The highest BCUT2D eigenvalue weighted by Crippen LogP contribution is 2.24. The van der Waals surface area contributed by atoms with E-state index in [2.05, 4.69) is 5.32 Å². The van der Waals surface area contributed by atoms with Crippen molar-refractivity contribution in [1.82, 2.24) is 0 Å². The summed E-state index contributed by atoms with van der Waals surface area (Å²) in [4.78, 5) is 11.1. The van der Waals surface area contributed by atoms with Gasteiger partial charge in [-0.05, 0) is 43.9 Å². The third-order valence-corrected chi connectivity index (χ3v) is 3.14. The summed E-state index contributed by atoms with van der Waals surface area (Å²) < 4.78 is 0. The third kappa shape index (κ3) is 4.42. The smallest absolute Gasteiger partial charge is 0.337 e. The fraction of sp³-hybridized carbons (Fsp3) is 0.533. The van der Waals surface area contributed by atoms with E-state index in [-0.39, 0.29) is 11.3 Å². The maximum atomic E-state index is 11.1. The molecule has 1 atom stereocenters. The molecule has 1 rings (SSSR count).